The third-order valence-corrected chi connectivity index (χ3v) is 3.07. The number of nitro groups is 1. The van der Waals surface area contributed by atoms with Gasteiger partial charge in [0, 0.05) is 12.7 Å². The molecule has 0 unspecified atom stereocenters. The van der Waals surface area contributed by atoms with E-state index in [0.29, 0.717) is 11.1 Å². The summed E-state index contributed by atoms with van der Waals surface area (Å²) in [4.78, 5) is 10.4. The average molecular weight is 318 g/mol. The lowest BCUT2D eigenvalue weighted by molar-refractivity contribution is -0.386. The molecule has 1 aromatic carbocycles. The minimum absolute atomic E-state index is 0.0280. The predicted molar refractivity (Wildman–Crippen MR) is 71.8 cm³/mol. The first-order chi connectivity index (χ1) is 8.66. The van der Waals surface area contributed by atoms with Gasteiger partial charge in [-0.3, -0.25) is 10.1 Å². The van der Waals surface area contributed by atoms with Gasteiger partial charge in [-0.2, -0.15) is 0 Å². The molecular weight excluding hydrogens is 302 g/mol. The maximum Gasteiger partial charge on any atom is 0.312 e. The van der Waals surface area contributed by atoms with E-state index in [1.165, 1.54) is 6.07 Å². The van der Waals surface area contributed by atoms with Gasteiger partial charge in [0.05, 0.1) is 16.0 Å². The number of para-hydroxylation sites is 1. The van der Waals surface area contributed by atoms with Crippen molar-refractivity contribution in [2.24, 2.45) is 0 Å². The second-order valence-corrected chi connectivity index (χ2v) is 4.69. The summed E-state index contributed by atoms with van der Waals surface area (Å²) >= 11 is 3.25. The van der Waals surface area contributed by atoms with Crippen LogP contribution in [0.5, 0.6) is 5.75 Å². The lowest BCUT2D eigenvalue weighted by atomic mass is 10.2. The number of benzene rings is 1. The highest BCUT2D eigenvalue weighted by Crippen LogP contribution is 2.34. The van der Waals surface area contributed by atoms with E-state index < -0.39 is 4.92 Å². The summed E-state index contributed by atoms with van der Waals surface area (Å²) in [5, 5.41) is 19.4. The van der Waals surface area contributed by atoms with Crippen molar-refractivity contribution in [3.05, 3.63) is 32.8 Å². The van der Waals surface area contributed by atoms with Crippen LogP contribution in [0.15, 0.2) is 22.7 Å². The van der Waals surface area contributed by atoms with Gasteiger partial charge in [0.1, 0.15) is 0 Å². The molecule has 100 valence electrons. The molecule has 0 spiro atoms. The van der Waals surface area contributed by atoms with E-state index in [4.69, 9.17) is 9.84 Å². The van der Waals surface area contributed by atoms with Crippen LogP contribution in [0, 0.1) is 10.1 Å². The topological polar surface area (TPSA) is 72.6 Å². The van der Waals surface area contributed by atoms with E-state index in [2.05, 4.69) is 15.9 Å². The largest absolute Gasteiger partial charge is 0.486 e. The van der Waals surface area contributed by atoms with Crippen molar-refractivity contribution in [3.63, 3.8) is 0 Å². The summed E-state index contributed by atoms with van der Waals surface area (Å²) in [5.41, 5.74) is -0.0280. The number of nitro benzene ring substituents is 1. The Kier molecular flexibility index (Phi) is 6.67. The molecule has 0 radical (unpaired) electrons. The molecule has 0 aliphatic rings. The number of hydrogen-bond donors (Lipinski definition) is 1. The van der Waals surface area contributed by atoms with E-state index in [-0.39, 0.29) is 18.0 Å². The van der Waals surface area contributed by atoms with Gasteiger partial charge >= 0.3 is 5.69 Å². The predicted octanol–water partition coefficient (Wildman–Crippen LogP) is 3.29. The molecule has 0 heterocycles. The van der Waals surface area contributed by atoms with Gasteiger partial charge in [-0.05, 0) is 41.3 Å². The summed E-state index contributed by atoms with van der Waals surface area (Å²) in [6.07, 6.45) is 3.49. The van der Waals surface area contributed by atoms with E-state index >= 15 is 0 Å². The van der Waals surface area contributed by atoms with Gasteiger partial charge in [-0.15, -0.1) is 0 Å². The molecule has 18 heavy (non-hydrogen) atoms. The van der Waals surface area contributed by atoms with Crippen molar-refractivity contribution in [1.82, 2.24) is 0 Å². The Morgan fingerprint density at radius 1 is 1.28 bits per heavy atom. The first-order valence-electron chi connectivity index (χ1n) is 5.83. The van der Waals surface area contributed by atoms with Gasteiger partial charge in [-0.1, -0.05) is 12.5 Å². The number of nitrogens with zero attached hydrogens (tertiary/aromatic N) is 1. The molecule has 6 heteroatoms. The minimum atomic E-state index is -0.453. The molecule has 0 amide bonds. The first-order valence-corrected chi connectivity index (χ1v) is 6.62. The van der Waals surface area contributed by atoms with Gasteiger partial charge in [0.25, 0.3) is 0 Å². The number of ether oxygens (including phenoxy) is 1. The summed E-state index contributed by atoms with van der Waals surface area (Å²) in [6.45, 7) is 0.644. The average Bonchev–Trinajstić information content (AvgIpc) is 2.34. The molecule has 1 N–H and O–H groups in total. The molecule has 0 atom stereocenters. The summed E-state index contributed by atoms with van der Waals surface area (Å²) in [5.74, 6) is 0.282. The molecule has 0 fully saturated rings. The molecule has 0 aliphatic carbocycles. The normalized spacial score (nSPS) is 10.3. The summed E-state index contributed by atoms with van der Waals surface area (Å²) in [7, 11) is 0. The van der Waals surface area contributed by atoms with Crippen LogP contribution < -0.4 is 4.74 Å². The Labute approximate surface area is 114 Å². The second-order valence-electron chi connectivity index (χ2n) is 3.83. The maximum atomic E-state index is 10.8. The van der Waals surface area contributed by atoms with Crippen LogP contribution in [-0.4, -0.2) is 23.2 Å². The fourth-order valence-electron chi connectivity index (χ4n) is 1.53. The Hall–Kier alpha value is -1.14. The highest BCUT2D eigenvalue weighted by molar-refractivity contribution is 9.10. The van der Waals surface area contributed by atoms with Crippen LogP contribution in [0.2, 0.25) is 0 Å². The zero-order chi connectivity index (χ0) is 13.4. The third-order valence-electron chi connectivity index (χ3n) is 2.44. The molecule has 0 saturated carbocycles. The Morgan fingerprint density at radius 3 is 2.67 bits per heavy atom. The smallest absolute Gasteiger partial charge is 0.312 e. The number of halogens is 1. The lowest BCUT2D eigenvalue weighted by Gasteiger charge is -2.08. The van der Waals surface area contributed by atoms with Gasteiger partial charge in [-0.25, -0.2) is 0 Å². The third kappa shape index (κ3) is 4.62. The Morgan fingerprint density at radius 2 is 2.00 bits per heavy atom. The van der Waals surface area contributed by atoms with Crippen LogP contribution in [0.3, 0.4) is 0 Å². The zero-order valence-corrected chi connectivity index (χ0v) is 11.6. The van der Waals surface area contributed by atoms with Crippen molar-refractivity contribution < 1.29 is 14.8 Å². The maximum absolute atomic E-state index is 10.8. The van der Waals surface area contributed by atoms with Crippen LogP contribution in [0.1, 0.15) is 25.7 Å². The first kappa shape index (κ1) is 14.9. The number of unbranched alkanes of at least 4 members (excludes halogenated alkanes) is 3. The zero-order valence-electron chi connectivity index (χ0n) is 9.97. The van der Waals surface area contributed by atoms with Crippen molar-refractivity contribution in [2.75, 3.05) is 13.2 Å². The van der Waals surface area contributed by atoms with E-state index in [1.54, 1.807) is 12.1 Å². The van der Waals surface area contributed by atoms with Gasteiger partial charge in [0.2, 0.25) is 5.75 Å². The Bertz CT molecular complexity index is 398. The SMILES string of the molecule is O=[N+]([O-])c1cccc(Br)c1OCCCCCCO. The molecule has 0 bridgehead atoms. The van der Waals surface area contributed by atoms with Gasteiger partial charge in [0.15, 0.2) is 0 Å². The van der Waals surface area contributed by atoms with Crippen LogP contribution in [0.4, 0.5) is 5.69 Å². The standard InChI is InChI=1S/C12H16BrNO4/c13-10-6-5-7-11(14(16)17)12(10)18-9-4-2-1-3-8-15/h5-7,15H,1-4,8-9H2. The van der Waals surface area contributed by atoms with Crippen molar-refractivity contribution in [1.29, 1.82) is 0 Å². The van der Waals surface area contributed by atoms with Crippen molar-refractivity contribution in [3.8, 4) is 5.75 Å². The van der Waals surface area contributed by atoms with E-state index in [0.717, 1.165) is 25.7 Å². The van der Waals surface area contributed by atoms with Crippen LogP contribution in [-0.2, 0) is 0 Å². The molecule has 1 rings (SSSR count). The fourth-order valence-corrected chi connectivity index (χ4v) is 2.00. The van der Waals surface area contributed by atoms with Crippen LogP contribution in [0.25, 0.3) is 0 Å². The van der Waals surface area contributed by atoms with Crippen molar-refractivity contribution >= 4 is 21.6 Å². The molecule has 0 aliphatic heterocycles. The highest BCUT2D eigenvalue weighted by atomic mass is 79.9. The number of rotatable bonds is 8. The van der Waals surface area contributed by atoms with E-state index in [1.807, 2.05) is 0 Å². The quantitative estimate of drug-likeness (QED) is 0.453. The van der Waals surface area contributed by atoms with Crippen molar-refractivity contribution in [2.45, 2.75) is 25.7 Å². The molecular formula is C12H16BrNO4. The highest BCUT2D eigenvalue weighted by Gasteiger charge is 2.17. The monoisotopic (exact) mass is 317 g/mol. The molecule has 0 aromatic heterocycles. The molecule has 0 saturated heterocycles. The van der Waals surface area contributed by atoms with Crippen LogP contribution >= 0.6 is 15.9 Å². The van der Waals surface area contributed by atoms with E-state index in [9.17, 15) is 10.1 Å². The fraction of sp³-hybridized carbons (Fsp3) is 0.500. The molecule has 5 nitrogen and oxygen atoms in total. The summed E-state index contributed by atoms with van der Waals surface area (Å²) in [6, 6.07) is 4.75. The Balaban J connectivity index is 2.48. The van der Waals surface area contributed by atoms with Gasteiger partial charge < -0.3 is 9.84 Å². The lowest BCUT2D eigenvalue weighted by Crippen LogP contribution is -2.01. The number of aliphatic hydroxyl groups is 1. The minimum Gasteiger partial charge on any atom is -0.486 e. The second kappa shape index (κ2) is 8.05. The number of aliphatic hydroxyl groups excluding tert-OH is 1. The molecule has 1 aromatic rings. The number of hydrogen-bond acceptors (Lipinski definition) is 4. The summed E-state index contributed by atoms with van der Waals surface area (Å²) < 4.78 is 6.05.